The largest absolute Gasteiger partial charge is 0.398 e. The molecule has 19 heavy (non-hydrogen) atoms. The zero-order chi connectivity index (χ0) is 14.0. The van der Waals surface area contributed by atoms with E-state index < -0.39 is 0 Å². The summed E-state index contributed by atoms with van der Waals surface area (Å²) < 4.78 is 19.5. The number of hydrogen-bond acceptors (Lipinski definition) is 4. The van der Waals surface area contributed by atoms with Crippen LogP contribution in [0.25, 0.3) is 0 Å². The second-order valence-corrected chi connectivity index (χ2v) is 5.66. The van der Waals surface area contributed by atoms with Gasteiger partial charge >= 0.3 is 0 Å². The molecule has 4 nitrogen and oxygen atoms in total. The van der Waals surface area contributed by atoms with Crippen LogP contribution < -0.4 is 5.73 Å². The first-order chi connectivity index (χ1) is 8.91. The maximum atomic E-state index is 13.8. The van der Waals surface area contributed by atoms with E-state index in [4.69, 9.17) is 10.5 Å². The average molecular weight is 268 g/mol. The molecule has 0 bridgehead atoms. The van der Waals surface area contributed by atoms with E-state index in [9.17, 15) is 9.50 Å². The van der Waals surface area contributed by atoms with Gasteiger partial charge < -0.3 is 15.6 Å². The van der Waals surface area contributed by atoms with E-state index in [2.05, 4.69) is 4.90 Å². The lowest BCUT2D eigenvalue weighted by molar-refractivity contribution is -0.150. The first-order valence-corrected chi connectivity index (χ1v) is 6.45. The maximum absolute atomic E-state index is 13.8. The highest BCUT2D eigenvalue weighted by Gasteiger charge is 2.33. The van der Waals surface area contributed by atoms with Crippen molar-refractivity contribution in [1.29, 1.82) is 0 Å². The number of benzene rings is 1. The average Bonchev–Trinajstić information content (AvgIpc) is 2.32. The van der Waals surface area contributed by atoms with Crippen molar-refractivity contribution in [3.05, 3.63) is 29.6 Å². The highest BCUT2D eigenvalue weighted by Crippen LogP contribution is 2.25. The minimum absolute atomic E-state index is 0.0350. The van der Waals surface area contributed by atoms with Crippen LogP contribution in [0.2, 0.25) is 0 Å². The third-order valence-electron chi connectivity index (χ3n) is 3.29. The van der Waals surface area contributed by atoms with Crippen molar-refractivity contribution < 1.29 is 14.2 Å². The number of morpholine rings is 1. The van der Waals surface area contributed by atoms with Gasteiger partial charge in [0.2, 0.25) is 0 Å². The molecule has 1 aromatic carbocycles. The second kappa shape index (κ2) is 5.45. The third-order valence-corrected chi connectivity index (χ3v) is 3.29. The van der Waals surface area contributed by atoms with Crippen LogP contribution in [0, 0.1) is 5.82 Å². The Balaban J connectivity index is 2.14. The second-order valence-electron chi connectivity index (χ2n) is 5.66. The van der Waals surface area contributed by atoms with Gasteiger partial charge in [-0.15, -0.1) is 0 Å². The summed E-state index contributed by atoms with van der Waals surface area (Å²) in [4.78, 5) is 2.07. The van der Waals surface area contributed by atoms with Crippen LogP contribution in [0.3, 0.4) is 0 Å². The summed E-state index contributed by atoms with van der Waals surface area (Å²) in [6, 6.07) is 4.72. The fourth-order valence-electron chi connectivity index (χ4n) is 2.60. The quantitative estimate of drug-likeness (QED) is 0.813. The molecule has 0 aromatic heterocycles. The molecule has 2 rings (SSSR count). The number of aliphatic hydroxyl groups excluding tert-OH is 1. The number of ether oxygens (including phenoxy) is 1. The molecule has 1 heterocycles. The smallest absolute Gasteiger partial charge is 0.129 e. The third kappa shape index (κ3) is 3.43. The van der Waals surface area contributed by atoms with Crippen LogP contribution in [0.5, 0.6) is 0 Å². The number of nitrogen functional groups attached to an aromatic ring is 1. The van der Waals surface area contributed by atoms with Crippen molar-refractivity contribution in [2.75, 3.05) is 25.4 Å². The standard InChI is InChI=1S/C14H21FN2O2/c1-14(2)9-17(6-10(8-18)19-14)7-11-12(15)4-3-5-13(11)16/h3-5,10,18H,6-9,16H2,1-2H3. The first-order valence-electron chi connectivity index (χ1n) is 6.45. The Morgan fingerprint density at radius 3 is 2.89 bits per heavy atom. The van der Waals surface area contributed by atoms with E-state index in [0.29, 0.717) is 30.9 Å². The summed E-state index contributed by atoms with van der Waals surface area (Å²) in [6.45, 7) is 5.58. The predicted molar refractivity (Wildman–Crippen MR) is 72.1 cm³/mol. The summed E-state index contributed by atoms with van der Waals surface area (Å²) in [7, 11) is 0. The highest BCUT2D eigenvalue weighted by molar-refractivity contribution is 5.47. The molecule has 1 atom stereocenters. The molecule has 1 aromatic rings. The van der Waals surface area contributed by atoms with E-state index in [1.165, 1.54) is 6.07 Å². The van der Waals surface area contributed by atoms with Crippen molar-refractivity contribution in [2.45, 2.75) is 32.1 Å². The van der Waals surface area contributed by atoms with Crippen molar-refractivity contribution in [3.8, 4) is 0 Å². The van der Waals surface area contributed by atoms with Gasteiger partial charge in [-0.2, -0.15) is 0 Å². The van der Waals surface area contributed by atoms with Crippen LogP contribution in [-0.2, 0) is 11.3 Å². The summed E-state index contributed by atoms with van der Waals surface area (Å²) in [5.41, 5.74) is 6.44. The predicted octanol–water partition coefficient (Wildman–Crippen LogP) is 1.38. The van der Waals surface area contributed by atoms with Crippen LogP contribution in [-0.4, -0.2) is 41.4 Å². The van der Waals surface area contributed by atoms with Crippen LogP contribution in [0.15, 0.2) is 18.2 Å². The number of nitrogens with two attached hydrogens (primary N) is 1. The number of halogens is 1. The van der Waals surface area contributed by atoms with Crippen LogP contribution >= 0.6 is 0 Å². The molecule has 1 fully saturated rings. The van der Waals surface area contributed by atoms with E-state index in [1.807, 2.05) is 13.8 Å². The molecule has 0 aliphatic carbocycles. The molecule has 1 aliphatic heterocycles. The molecular weight excluding hydrogens is 247 g/mol. The van der Waals surface area contributed by atoms with Crippen molar-refractivity contribution >= 4 is 5.69 Å². The Morgan fingerprint density at radius 2 is 2.26 bits per heavy atom. The van der Waals surface area contributed by atoms with Crippen molar-refractivity contribution in [1.82, 2.24) is 4.90 Å². The van der Waals surface area contributed by atoms with Gasteiger partial charge in [-0.05, 0) is 26.0 Å². The molecule has 106 valence electrons. The number of aliphatic hydroxyl groups is 1. The Hall–Kier alpha value is -1.17. The van der Waals surface area contributed by atoms with Gasteiger partial charge in [0, 0.05) is 30.9 Å². The molecule has 1 saturated heterocycles. The molecule has 0 saturated carbocycles. The van der Waals surface area contributed by atoms with Crippen LogP contribution in [0.1, 0.15) is 19.4 Å². The zero-order valence-corrected chi connectivity index (χ0v) is 11.4. The Kier molecular flexibility index (Phi) is 4.08. The minimum atomic E-state index is -0.355. The normalized spacial score (nSPS) is 23.5. The molecule has 0 radical (unpaired) electrons. The lowest BCUT2D eigenvalue weighted by Crippen LogP contribution is -2.53. The summed E-state index contributed by atoms with van der Waals surface area (Å²) in [5, 5.41) is 9.27. The van der Waals surface area contributed by atoms with Gasteiger partial charge in [0.05, 0.1) is 18.3 Å². The van der Waals surface area contributed by atoms with E-state index in [0.717, 1.165) is 0 Å². The monoisotopic (exact) mass is 268 g/mol. The van der Waals surface area contributed by atoms with Crippen LogP contribution in [0.4, 0.5) is 10.1 Å². The lowest BCUT2D eigenvalue weighted by atomic mass is 10.0. The van der Waals surface area contributed by atoms with Gasteiger partial charge in [0.25, 0.3) is 0 Å². The highest BCUT2D eigenvalue weighted by atomic mass is 19.1. The van der Waals surface area contributed by atoms with Gasteiger partial charge in [-0.3, -0.25) is 4.90 Å². The lowest BCUT2D eigenvalue weighted by Gasteiger charge is -2.42. The number of hydrogen-bond donors (Lipinski definition) is 2. The molecule has 1 unspecified atom stereocenters. The van der Waals surface area contributed by atoms with E-state index in [1.54, 1.807) is 12.1 Å². The molecule has 5 heteroatoms. The Labute approximate surface area is 113 Å². The van der Waals surface area contributed by atoms with E-state index >= 15 is 0 Å². The zero-order valence-electron chi connectivity index (χ0n) is 11.4. The molecular formula is C14H21FN2O2. The minimum Gasteiger partial charge on any atom is -0.398 e. The SMILES string of the molecule is CC1(C)CN(Cc2c(N)cccc2F)CC(CO)O1. The first kappa shape index (κ1) is 14.2. The maximum Gasteiger partial charge on any atom is 0.129 e. The molecule has 0 spiro atoms. The summed E-state index contributed by atoms with van der Waals surface area (Å²) in [6.07, 6.45) is -0.239. The summed E-state index contributed by atoms with van der Waals surface area (Å²) >= 11 is 0. The Morgan fingerprint density at radius 1 is 1.53 bits per heavy atom. The van der Waals surface area contributed by atoms with Gasteiger partial charge in [-0.1, -0.05) is 6.07 Å². The number of nitrogens with zero attached hydrogens (tertiary/aromatic N) is 1. The van der Waals surface area contributed by atoms with Gasteiger partial charge in [0.15, 0.2) is 0 Å². The fourth-order valence-corrected chi connectivity index (χ4v) is 2.60. The number of anilines is 1. The molecule has 3 N–H and O–H groups in total. The topological polar surface area (TPSA) is 58.7 Å². The molecule has 0 amide bonds. The van der Waals surface area contributed by atoms with Gasteiger partial charge in [0.1, 0.15) is 5.82 Å². The van der Waals surface area contributed by atoms with Crippen molar-refractivity contribution in [3.63, 3.8) is 0 Å². The van der Waals surface area contributed by atoms with Crippen molar-refractivity contribution in [2.24, 2.45) is 0 Å². The Bertz CT molecular complexity index is 431. The van der Waals surface area contributed by atoms with Gasteiger partial charge in [-0.25, -0.2) is 4.39 Å². The summed E-state index contributed by atoms with van der Waals surface area (Å²) in [5.74, 6) is -0.287. The fraction of sp³-hybridized carbons (Fsp3) is 0.571. The van der Waals surface area contributed by atoms with E-state index in [-0.39, 0.29) is 24.1 Å². The molecule has 1 aliphatic rings. The number of rotatable bonds is 3.